The van der Waals surface area contributed by atoms with Gasteiger partial charge >= 0.3 is 11.9 Å². The number of phenols is 1. The van der Waals surface area contributed by atoms with Crippen LogP contribution in [0.4, 0.5) is 0 Å². The Bertz CT molecular complexity index is 1480. The van der Waals surface area contributed by atoms with E-state index in [1.165, 1.54) is 24.8 Å². The summed E-state index contributed by atoms with van der Waals surface area (Å²) < 4.78 is 11.5. The number of ether oxygens (including phenoxy) is 2. The number of hydrogen-bond donors (Lipinski definition) is 3. The maximum atomic E-state index is 13.5. The number of carbonyl (C=O) groups excluding carboxylic acids is 1. The molecule has 0 heterocycles. The van der Waals surface area contributed by atoms with Crippen LogP contribution in [0, 0.1) is 56.7 Å². The molecule has 0 aromatic heterocycles. The number of carboxylic acids is 1. The Balaban J connectivity index is 1.40. The second-order valence-electron chi connectivity index (χ2n) is 17.1. The molecule has 1 aromatic rings. The van der Waals surface area contributed by atoms with E-state index in [9.17, 15) is 24.9 Å². The molecule has 1 aromatic carbocycles. The van der Waals surface area contributed by atoms with Gasteiger partial charge in [-0.05, 0) is 127 Å². The van der Waals surface area contributed by atoms with Gasteiger partial charge in [-0.1, -0.05) is 59.3 Å². The minimum Gasteiger partial charge on any atom is -0.504 e. The monoisotopic (exact) mass is 648 g/mol. The summed E-state index contributed by atoms with van der Waals surface area (Å²) in [6.07, 6.45) is 12.7. The molecule has 10 unspecified atom stereocenters. The number of aliphatic hydroxyl groups is 1. The minimum absolute atomic E-state index is 0.0133. The Morgan fingerprint density at radius 3 is 2.43 bits per heavy atom. The fourth-order valence-electron chi connectivity index (χ4n) is 12.2. The standard InChI is InChI=1S/C40H56O7/c1-24-14-19-39(35(44)45)20-21-40(23-47-33(43)13-9-26-8-11-28(41)29(22-26)46-7)27(34(39)25(24)2)10-12-31-37(5)17-16-32(42)36(3,4)30(37)15-18-38(31,40)6/h8-11,13,22,24-25,30-32,34,41-42H,12,14-21,23H2,1-7H3,(H,44,45)/b13-9+. The molecule has 0 amide bonds. The molecule has 4 saturated carbocycles. The Morgan fingerprint density at radius 1 is 0.979 bits per heavy atom. The third-order valence-corrected chi connectivity index (χ3v) is 15.1. The first-order valence-electron chi connectivity index (χ1n) is 17.9. The van der Waals surface area contributed by atoms with Gasteiger partial charge in [-0.25, -0.2) is 4.79 Å². The molecule has 10 atom stereocenters. The predicted molar refractivity (Wildman–Crippen MR) is 182 cm³/mol. The third kappa shape index (κ3) is 4.91. The number of aliphatic carboxylic acids is 1. The number of methoxy groups -OCH3 is 1. The largest absolute Gasteiger partial charge is 0.504 e. The van der Waals surface area contributed by atoms with Crippen LogP contribution < -0.4 is 4.74 Å². The molecule has 6 rings (SSSR count). The highest BCUT2D eigenvalue weighted by Crippen LogP contribution is 2.76. The molecule has 0 saturated heterocycles. The highest BCUT2D eigenvalue weighted by Gasteiger charge is 2.71. The summed E-state index contributed by atoms with van der Waals surface area (Å²) in [5.74, 6) is 0.499. The Kier molecular flexibility index (Phi) is 8.46. The number of benzene rings is 1. The van der Waals surface area contributed by atoms with Crippen LogP contribution in [0.15, 0.2) is 35.9 Å². The van der Waals surface area contributed by atoms with E-state index < -0.39 is 22.8 Å². The number of rotatable bonds is 6. The van der Waals surface area contributed by atoms with Crippen molar-refractivity contribution in [1.82, 2.24) is 0 Å². The van der Waals surface area contributed by atoms with Crippen LogP contribution in [-0.4, -0.2) is 47.1 Å². The van der Waals surface area contributed by atoms with E-state index in [-0.39, 0.29) is 46.5 Å². The van der Waals surface area contributed by atoms with Crippen LogP contribution in [-0.2, 0) is 14.3 Å². The van der Waals surface area contributed by atoms with Crippen LogP contribution in [0.5, 0.6) is 11.5 Å². The summed E-state index contributed by atoms with van der Waals surface area (Å²) in [7, 11) is 1.49. The van der Waals surface area contributed by atoms with Gasteiger partial charge in [0.15, 0.2) is 11.5 Å². The number of aromatic hydroxyl groups is 1. The molecular formula is C40H56O7. The average molecular weight is 649 g/mol. The molecule has 0 radical (unpaired) electrons. The van der Waals surface area contributed by atoms with Gasteiger partial charge < -0.3 is 24.8 Å². The van der Waals surface area contributed by atoms with Crippen LogP contribution in [0.25, 0.3) is 6.08 Å². The van der Waals surface area contributed by atoms with Gasteiger partial charge in [0.25, 0.3) is 0 Å². The van der Waals surface area contributed by atoms with E-state index in [4.69, 9.17) is 9.47 Å². The Labute approximate surface area is 280 Å². The lowest BCUT2D eigenvalue weighted by molar-refractivity contribution is -0.218. The Hall–Kier alpha value is -2.80. The average Bonchev–Trinajstić information content (AvgIpc) is 3.03. The molecular weight excluding hydrogens is 592 g/mol. The lowest BCUT2D eigenvalue weighted by Gasteiger charge is -2.71. The van der Waals surface area contributed by atoms with E-state index in [1.54, 1.807) is 18.2 Å². The molecule has 258 valence electrons. The lowest BCUT2D eigenvalue weighted by atomic mass is 9.33. The number of hydrogen-bond acceptors (Lipinski definition) is 6. The summed E-state index contributed by atoms with van der Waals surface area (Å²) in [6, 6.07) is 4.92. The van der Waals surface area contributed by atoms with Crippen molar-refractivity contribution in [2.45, 2.75) is 105 Å². The second-order valence-corrected chi connectivity index (χ2v) is 17.1. The van der Waals surface area contributed by atoms with E-state index in [2.05, 4.69) is 47.6 Å². The zero-order chi connectivity index (χ0) is 34.2. The van der Waals surface area contributed by atoms with Crippen molar-refractivity contribution < 1.29 is 34.4 Å². The van der Waals surface area contributed by atoms with Crippen LogP contribution in [0.3, 0.4) is 0 Å². The normalized spacial score (nSPS) is 42.3. The van der Waals surface area contributed by atoms with Crippen LogP contribution in [0.1, 0.15) is 105 Å². The van der Waals surface area contributed by atoms with Crippen molar-refractivity contribution in [3.63, 3.8) is 0 Å². The van der Waals surface area contributed by atoms with Gasteiger partial charge in [0.2, 0.25) is 0 Å². The molecule has 5 aliphatic carbocycles. The van der Waals surface area contributed by atoms with Crippen molar-refractivity contribution in [2.75, 3.05) is 13.7 Å². The summed E-state index contributed by atoms with van der Waals surface area (Å²) in [5.41, 5.74) is 0.329. The van der Waals surface area contributed by atoms with Gasteiger partial charge in [-0.2, -0.15) is 0 Å². The van der Waals surface area contributed by atoms with Gasteiger partial charge in [-0.3, -0.25) is 4.79 Å². The fraction of sp³-hybridized carbons (Fsp3) is 0.700. The molecule has 0 spiro atoms. The Morgan fingerprint density at radius 2 is 1.72 bits per heavy atom. The molecule has 0 aliphatic heterocycles. The SMILES string of the molecule is COc1cc(/C=C/C(=O)OCC23CCC4(C(=O)O)CCC(C)C(C)C4C2=CCC2C4(C)CCC(O)C(C)(C)C4CCC23C)ccc1O. The number of carboxylic acid groups (broad SMARTS) is 1. The first kappa shape index (κ1) is 34.1. The van der Waals surface area contributed by atoms with Crippen molar-refractivity contribution in [3.05, 3.63) is 41.5 Å². The van der Waals surface area contributed by atoms with E-state index >= 15 is 0 Å². The smallest absolute Gasteiger partial charge is 0.330 e. The number of fused-ring (bicyclic) bond motifs is 7. The molecule has 5 aliphatic rings. The summed E-state index contributed by atoms with van der Waals surface area (Å²) in [4.78, 5) is 26.7. The highest BCUT2D eigenvalue weighted by molar-refractivity contribution is 5.87. The van der Waals surface area contributed by atoms with Crippen molar-refractivity contribution in [2.24, 2.45) is 56.7 Å². The summed E-state index contributed by atoms with van der Waals surface area (Å²) in [6.45, 7) is 14.1. The lowest BCUT2D eigenvalue weighted by Crippen LogP contribution is -2.67. The summed E-state index contributed by atoms with van der Waals surface area (Å²) >= 11 is 0. The predicted octanol–water partition coefficient (Wildman–Crippen LogP) is 8.04. The molecule has 7 nitrogen and oxygen atoms in total. The quantitative estimate of drug-likeness (QED) is 0.163. The zero-order valence-corrected chi connectivity index (χ0v) is 29.5. The number of allylic oxidation sites excluding steroid dienone is 1. The first-order chi connectivity index (χ1) is 22.1. The molecule has 3 N–H and O–H groups in total. The molecule has 4 fully saturated rings. The minimum atomic E-state index is -0.787. The van der Waals surface area contributed by atoms with E-state index in [0.717, 1.165) is 38.5 Å². The van der Waals surface area contributed by atoms with Crippen molar-refractivity contribution >= 4 is 18.0 Å². The third-order valence-electron chi connectivity index (χ3n) is 15.1. The number of aliphatic hydroxyl groups excluding tert-OH is 1. The first-order valence-corrected chi connectivity index (χ1v) is 17.9. The zero-order valence-electron chi connectivity index (χ0n) is 29.5. The van der Waals surface area contributed by atoms with Gasteiger partial charge in [0.1, 0.15) is 6.61 Å². The van der Waals surface area contributed by atoms with Gasteiger partial charge in [-0.15, -0.1) is 0 Å². The maximum Gasteiger partial charge on any atom is 0.330 e. The van der Waals surface area contributed by atoms with E-state index in [1.807, 2.05) is 0 Å². The summed E-state index contributed by atoms with van der Waals surface area (Å²) in [5, 5.41) is 32.0. The number of phenolic OH excluding ortho intramolecular Hbond substituents is 1. The van der Waals surface area contributed by atoms with E-state index in [0.29, 0.717) is 48.3 Å². The van der Waals surface area contributed by atoms with Crippen molar-refractivity contribution in [1.29, 1.82) is 0 Å². The highest BCUT2D eigenvalue weighted by atomic mass is 16.5. The topological polar surface area (TPSA) is 113 Å². The second kappa shape index (κ2) is 11.7. The van der Waals surface area contributed by atoms with Crippen molar-refractivity contribution in [3.8, 4) is 11.5 Å². The van der Waals surface area contributed by atoms with Crippen LogP contribution >= 0.6 is 0 Å². The fourth-order valence-corrected chi connectivity index (χ4v) is 12.2. The molecule has 47 heavy (non-hydrogen) atoms. The maximum absolute atomic E-state index is 13.5. The molecule has 7 heteroatoms. The van der Waals surface area contributed by atoms with Gasteiger partial charge in [0, 0.05) is 11.5 Å². The van der Waals surface area contributed by atoms with Crippen LogP contribution in [0.2, 0.25) is 0 Å². The number of carbonyl (C=O) groups is 2. The number of esters is 1. The van der Waals surface area contributed by atoms with Gasteiger partial charge in [0.05, 0.1) is 18.6 Å². The molecule has 0 bridgehead atoms.